The molecule has 38 heavy (non-hydrogen) atoms. The van der Waals surface area contributed by atoms with Gasteiger partial charge in [-0.2, -0.15) is 0 Å². The minimum atomic E-state index is -0.403. The summed E-state index contributed by atoms with van der Waals surface area (Å²) in [5.41, 5.74) is 0.550. The molecular formula is C32H52O4S2. The van der Waals surface area contributed by atoms with Crippen molar-refractivity contribution < 1.29 is 19.4 Å². The molecule has 2 heterocycles. The molecule has 0 aromatic rings. The Kier molecular flexibility index (Phi) is 17.1. The fraction of sp³-hybridized carbons (Fsp3) is 0.688. The van der Waals surface area contributed by atoms with E-state index in [2.05, 4.69) is 33.9 Å². The zero-order valence-electron chi connectivity index (χ0n) is 24.4. The fourth-order valence-electron chi connectivity index (χ4n) is 4.79. The Morgan fingerprint density at radius 2 is 1.34 bits per heavy atom. The van der Waals surface area contributed by atoms with E-state index in [0.717, 1.165) is 31.4 Å². The van der Waals surface area contributed by atoms with Gasteiger partial charge < -0.3 is 9.84 Å². The number of aliphatic hydroxyl groups is 1. The Bertz CT molecular complexity index is 831. The van der Waals surface area contributed by atoms with Gasteiger partial charge in [0.05, 0.1) is 9.49 Å². The van der Waals surface area contributed by atoms with E-state index < -0.39 is 4.75 Å². The monoisotopic (exact) mass is 564 g/mol. The molecule has 4 nitrogen and oxygen atoms in total. The van der Waals surface area contributed by atoms with Gasteiger partial charge in [0.2, 0.25) is 10.2 Å². The number of carbonyl (C=O) groups excluding carboxylic acids is 2. The van der Waals surface area contributed by atoms with Gasteiger partial charge in [0.25, 0.3) is 0 Å². The predicted molar refractivity (Wildman–Crippen MR) is 167 cm³/mol. The van der Waals surface area contributed by atoms with Gasteiger partial charge in [0.15, 0.2) is 0 Å². The van der Waals surface area contributed by atoms with Crippen molar-refractivity contribution in [2.45, 2.75) is 134 Å². The van der Waals surface area contributed by atoms with Crippen LogP contribution in [0.3, 0.4) is 0 Å². The van der Waals surface area contributed by atoms with Gasteiger partial charge in [0, 0.05) is 11.6 Å². The van der Waals surface area contributed by atoms with E-state index in [1.807, 2.05) is 6.92 Å². The van der Waals surface area contributed by atoms with E-state index in [0.29, 0.717) is 18.6 Å². The third kappa shape index (κ3) is 11.8. The van der Waals surface area contributed by atoms with E-state index in [-0.39, 0.29) is 20.7 Å². The molecule has 0 saturated heterocycles. The number of thioether (sulfide) groups is 2. The summed E-state index contributed by atoms with van der Waals surface area (Å²) in [6.07, 6.45) is 22.4. The molecule has 2 aliphatic rings. The molecule has 0 aliphatic carbocycles. The van der Waals surface area contributed by atoms with Crippen molar-refractivity contribution >= 4 is 33.8 Å². The second-order valence-corrected chi connectivity index (χ2v) is 13.7. The van der Waals surface area contributed by atoms with Gasteiger partial charge in [-0.3, -0.25) is 9.59 Å². The van der Waals surface area contributed by atoms with Crippen LogP contribution in [0.5, 0.6) is 0 Å². The highest BCUT2D eigenvalue weighted by Crippen LogP contribution is 2.46. The first kappa shape index (κ1) is 34.6. The van der Waals surface area contributed by atoms with Crippen LogP contribution < -0.4 is 0 Å². The summed E-state index contributed by atoms with van der Waals surface area (Å²) in [6.45, 7) is 16.3. The van der Waals surface area contributed by atoms with E-state index >= 15 is 0 Å². The number of rotatable bonds is 19. The molecule has 1 N–H and O–H groups in total. The zero-order chi connectivity index (χ0) is 28.4. The summed E-state index contributed by atoms with van der Waals surface area (Å²) in [6, 6.07) is 0. The van der Waals surface area contributed by atoms with Crippen molar-refractivity contribution in [1.29, 1.82) is 0 Å². The molecule has 0 fully saturated rings. The van der Waals surface area contributed by atoms with Crippen molar-refractivity contribution in [3.63, 3.8) is 0 Å². The van der Waals surface area contributed by atoms with E-state index in [1.165, 1.54) is 87.7 Å². The molecule has 216 valence electrons. The molecule has 0 aromatic carbocycles. The highest BCUT2D eigenvalue weighted by atomic mass is 32.2. The topological polar surface area (TPSA) is 63.6 Å². The van der Waals surface area contributed by atoms with Crippen molar-refractivity contribution in [2.24, 2.45) is 0 Å². The van der Waals surface area contributed by atoms with Crippen LogP contribution in [0.25, 0.3) is 0 Å². The smallest absolute Gasteiger partial charge is 0.220 e. The molecule has 0 unspecified atom stereocenters. The molecule has 6 heteroatoms. The Labute approximate surface area is 241 Å². The highest BCUT2D eigenvalue weighted by molar-refractivity contribution is 8.16. The van der Waals surface area contributed by atoms with Gasteiger partial charge >= 0.3 is 0 Å². The Morgan fingerprint density at radius 1 is 0.816 bits per heavy atom. The molecule has 2 atom stereocenters. The van der Waals surface area contributed by atoms with E-state index in [4.69, 9.17) is 4.74 Å². The summed E-state index contributed by atoms with van der Waals surface area (Å²) in [7, 11) is 0. The third-order valence-corrected chi connectivity index (χ3v) is 9.62. The number of ether oxygens (including phenoxy) is 1. The maximum atomic E-state index is 11.9. The maximum absolute atomic E-state index is 11.9. The van der Waals surface area contributed by atoms with Gasteiger partial charge in [-0.1, -0.05) is 133 Å². The lowest BCUT2D eigenvalue weighted by atomic mass is 9.96. The molecule has 2 aliphatic heterocycles. The van der Waals surface area contributed by atoms with Crippen LogP contribution in [0.15, 0.2) is 48.5 Å². The number of hydrogen-bond acceptors (Lipinski definition) is 6. The molecule has 0 bridgehead atoms. The summed E-state index contributed by atoms with van der Waals surface area (Å²) in [4.78, 5) is 23.4. The second-order valence-electron chi connectivity index (χ2n) is 10.7. The normalized spacial score (nSPS) is 22.8. The van der Waals surface area contributed by atoms with Crippen LogP contribution in [0.4, 0.5) is 0 Å². The minimum absolute atomic E-state index is 0.0193. The molecule has 0 aromatic heterocycles. The van der Waals surface area contributed by atoms with Crippen LogP contribution in [0.1, 0.15) is 124 Å². The third-order valence-electron chi connectivity index (χ3n) is 7.17. The summed E-state index contributed by atoms with van der Waals surface area (Å²) in [5.74, 6) is 1.12. The van der Waals surface area contributed by atoms with Crippen LogP contribution >= 0.6 is 23.5 Å². The first-order valence-electron chi connectivity index (χ1n) is 14.6. The highest BCUT2D eigenvalue weighted by Gasteiger charge is 2.42. The number of carbonyl (C=O) groups is 2. The molecule has 0 radical (unpaired) electrons. The van der Waals surface area contributed by atoms with Crippen LogP contribution in [-0.4, -0.2) is 31.4 Å². The lowest BCUT2D eigenvalue weighted by Crippen LogP contribution is -2.22. The quantitative estimate of drug-likeness (QED) is 0.124. The SMILES string of the molecule is C=CCC1=C(O)[C@@](C)(CCCCCCCC)SC1=O.C=CCOC1=CC(=O)S[C@]1(C)CCCCCCCC. The predicted octanol–water partition coefficient (Wildman–Crippen LogP) is 10.0. The number of unbranched alkanes of at least 4 members (excludes halogenated alkanes) is 10. The molecule has 0 spiro atoms. The van der Waals surface area contributed by atoms with Crippen molar-refractivity contribution in [3.05, 3.63) is 48.5 Å². The Hall–Kier alpha value is -1.40. The second kappa shape index (κ2) is 18.8. The zero-order valence-corrected chi connectivity index (χ0v) is 26.1. The summed E-state index contributed by atoms with van der Waals surface area (Å²) >= 11 is 2.69. The minimum Gasteiger partial charge on any atom is -0.510 e. The van der Waals surface area contributed by atoms with E-state index in [9.17, 15) is 14.7 Å². The Balaban J connectivity index is 0.000000380. The van der Waals surface area contributed by atoms with Crippen LogP contribution in [0.2, 0.25) is 0 Å². The first-order chi connectivity index (χ1) is 18.2. The lowest BCUT2D eigenvalue weighted by molar-refractivity contribution is -0.108. The van der Waals surface area contributed by atoms with Crippen LogP contribution in [-0.2, 0) is 14.3 Å². The van der Waals surface area contributed by atoms with Gasteiger partial charge in [-0.05, 0) is 33.1 Å². The lowest BCUT2D eigenvalue weighted by Gasteiger charge is -2.25. The number of allylic oxidation sites excluding steroid dienone is 1. The van der Waals surface area contributed by atoms with Crippen molar-refractivity contribution in [2.75, 3.05) is 6.61 Å². The molecular weight excluding hydrogens is 512 g/mol. The van der Waals surface area contributed by atoms with Crippen molar-refractivity contribution in [1.82, 2.24) is 0 Å². The fourth-order valence-corrected chi connectivity index (χ4v) is 7.04. The largest absolute Gasteiger partial charge is 0.510 e. The van der Waals surface area contributed by atoms with Gasteiger partial charge in [-0.15, -0.1) is 6.58 Å². The molecule has 0 amide bonds. The van der Waals surface area contributed by atoms with Gasteiger partial charge in [-0.25, -0.2) is 0 Å². The summed E-state index contributed by atoms with van der Waals surface area (Å²) in [5, 5.41) is 10.4. The summed E-state index contributed by atoms with van der Waals surface area (Å²) < 4.78 is 5.07. The molecule has 0 saturated carbocycles. The number of aliphatic hydroxyl groups excluding tert-OH is 1. The number of hydrogen-bond donors (Lipinski definition) is 1. The Morgan fingerprint density at radius 3 is 1.87 bits per heavy atom. The average Bonchev–Trinajstić information content (AvgIpc) is 3.28. The maximum Gasteiger partial charge on any atom is 0.220 e. The van der Waals surface area contributed by atoms with Crippen molar-refractivity contribution in [3.8, 4) is 0 Å². The van der Waals surface area contributed by atoms with Gasteiger partial charge in [0.1, 0.15) is 18.1 Å². The van der Waals surface area contributed by atoms with E-state index in [1.54, 1.807) is 18.2 Å². The first-order valence-corrected chi connectivity index (χ1v) is 16.3. The van der Waals surface area contributed by atoms with Crippen LogP contribution in [0, 0.1) is 0 Å². The standard InChI is InChI=1S/2C16H26O2S/c1-4-6-7-8-9-10-11-16(3)14(18-12-5-2)13-15(17)19-16;1-4-6-7-8-9-10-12-16(3)14(17)13(11-5-2)15(18)19-16/h5,13H,2,4,6-12H2,1,3H3;5,17H,2,4,6-12H2,1,3H3/t2*16-/m11/s1. The average molecular weight is 565 g/mol. The molecule has 2 rings (SSSR count).